The fourth-order valence-electron chi connectivity index (χ4n) is 1.33. The van der Waals surface area contributed by atoms with Crippen molar-refractivity contribution in [3.63, 3.8) is 0 Å². The first-order valence-electron chi connectivity index (χ1n) is 5.66. The summed E-state index contributed by atoms with van der Waals surface area (Å²) in [5.41, 5.74) is 0. The molecular weight excluding hydrogens is 260 g/mol. The molecule has 110 valence electrons. The van der Waals surface area contributed by atoms with Crippen LogP contribution in [0.15, 0.2) is 0 Å². The lowest BCUT2D eigenvalue weighted by Crippen LogP contribution is -2.48. The summed E-state index contributed by atoms with van der Waals surface area (Å²) in [7, 11) is 0. The number of aliphatic hydroxyl groups excluding tert-OH is 1. The van der Waals surface area contributed by atoms with Crippen LogP contribution in [0.25, 0.3) is 0 Å². The highest BCUT2D eigenvalue weighted by Gasteiger charge is 2.47. The predicted molar refractivity (Wildman–Crippen MR) is 60.4 cm³/mol. The van der Waals surface area contributed by atoms with Gasteiger partial charge in [-0.05, 0) is 6.92 Å². The van der Waals surface area contributed by atoms with Crippen molar-refractivity contribution >= 4 is 17.9 Å². The SMILES string of the molecule is CCOC(=O)C(CCC(O)O)(OC(C)=O)OC(C)=O. The molecule has 8 nitrogen and oxygen atoms in total. The third-order valence-electron chi connectivity index (χ3n) is 1.94. The van der Waals surface area contributed by atoms with Crippen molar-refractivity contribution in [1.29, 1.82) is 0 Å². The maximum Gasteiger partial charge on any atom is 0.393 e. The van der Waals surface area contributed by atoms with E-state index < -0.39 is 36.4 Å². The molecule has 0 aromatic heterocycles. The van der Waals surface area contributed by atoms with Crippen LogP contribution in [0.1, 0.15) is 33.6 Å². The number of esters is 3. The zero-order chi connectivity index (χ0) is 15.1. The van der Waals surface area contributed by atoms with Gasteiger partial charge in [0.2, 0.25) is 0 Å². The van der Waals surface area contributed by atoms with Crippen molar-refractivity contribution in [2.75, 3.05) is 6.61 Å². The van der Waals surface area contributed by atoms with Crippen molar-refractivity contribution in [1.82, 2.24) is 0 Å². The monoisotopic (exact) mass is 278 g/mol. The number of hydrogen-bond donors (Lipinski definition) is 2. The molecule has 2 N–H and O–H groups in total. The quantitative estimate of drug-likeness (QED) is 0.471. The Balaban J connectivity index is 5.22. The second-order valence-corrected chi connectivity index (χ2v) is 3.68. The molecule has 0 saturated carbocycles. The molecule has 0 aliphatic heterocycles. The van der Waals surface area contributed by atoms with E-state index >= 15 is 0 Å². The first-order chi connectivity index (χ1) is 8.73. The minimum Gasteiger partial charge on any atom is -0.460 e. The van der Waals surface area contributed by atoms with E-state index in [0.717, 1.165) is 13.8 Å². The van der Waals surface area contributed by atoms with Gasteiger partial charge < -0.3 is 24.4 Å². The van der Waals surface area contributed by atoms with E-state index in [0.29, 0.717) is 0 Å². The summed E-state index contributed by atoms with van der Waals surface area (Å²) in [4.78, 5) is 33.9. The second kappa shape index (κ2) is 7.70. The molecular formula is C11H18O8. The van der Waals surface area contributed by atoms with Gasteiger partial charge in [0.15, 0.2) is 6.29 Å². The molecule has 0 unspecified atom stereocenters. The maximum atomic E-state index is 11.8. The van der Waals surface area contributed by atoms with Gasteiger partial charge in [-0.3, -0.25) is 9.59 Å². The number of carbonyl (C=O) groups is 3. The summed E-state index contributed by atoms with van der Waals surface area (Å²) in [6.07, 6.45) is -2.53. The lowest BCUT2D eigenvalue weighted by molar-refractivity contribution is -0.242. The van der Waals surface area contributed by atoms with E-state index in [-0.39, 0.29) is 13.0 Å². The third-order valence-corrected chi connectivity index (χ3v) is 1.94. The van der Waals surface area contributed by atoms with Crippen molar-refractivity contribution in [2.45, 2.75) is 45.7 Å². The predicted octanol–water partition coefficient (Wildman–Crippen LogP) is -0.537. The van der Waals surface area contributed by atoms with E-state index in [1.165, 1.54) is 6.92 Å². The molecule has 0 aliphatic rings. The van der Waals surface area contributed by atoms with E-state index in [1.54, 1.807) is 0 Å². The topological polar surface area (TPSA) is 119 Å². The van der Waals surface area contributed by atoms with Crippen LogP contribution in [-0.4, -0.2) is 46.8 Å². The number of aliphatic hydroxyl groups is 2. The van der Waals surface area contributed by atoms with Gasteiger partial charge in [-0.25, -0.2) is 4.79 Å². The Labute approximate surface area is 110 Å². The van der Waals surface area contributed by atoms with Crippen LogP contribution in [0.3, 0.4) is 0 Å². The van der Waals surface area contributed by atoms with Gasteiger partial charge in [-0.15, -0.1) is 0 Å². The van der Waals surface area contributed by atoms with Crippen molar-refractivity contribution < 1.29 is 38.8 Å². The number of hydrogen-bond acceptors (Lipinski definition) is 8. The van der Waals surface area contributed by atoms with Gasteiger partial charge in [-0.1, -0.05) is 0 Å². The molecule has 0 radical (unpaired) electrons. The van der Waals surface area contributed by atoms with Crippen LogP contribution in [0.2, 0.25) is 0 Å². The Bertz CT molecular complexity index is 320. The standard InChI is InChI=1S/C11H18O8/c1-4-17-10(16)11(18-7(2)12,19-8(3)13)6-5-9(14)15/h9,14-15H,4-6H2,1-3H3. The molecule has 0 bridgehead atoms. The first-order valence-corrected chi connectivity index (χ1v) is 5.66. The van der Waals surface area contributed by atoms with Crippen LogP contribution in [-0.2, 0) is 28.6 Å². The minimum atomic E-state index is -2.29. The Hall–Kier alpha value is -1.67. The molecule has 0 aliphatic carbocycles. The van der Waals surface area contributed by atoms with Crippen LogP contribution in [0, 0.1) is 0 Å². The normalized spacial score (nSPS) is 11.1. The summed E-state index contributed by atoms with van der Waals surface area (Å²) >= 11 is 0. The number of rotatable bonds is 7. The Kier molecular flexibility index (Phi) is 7.02. The molecule has 19 heavy (non-hydrogen) atoms. The molecule has 0 saturated heterocycles. The molecule has 0 fully saturated rings. The number of ether oxygens (including phenoxy) is 3. The average Bonchev–Trinajstić information content (AvgIpc) is 2.24. The lowest BCUT2D eigenvalue weighted by atomic mass is 10.1. The lowest BCUT2D eigenvalue weighted by Gasteiger charge is -2.29. The zero-order valence-electron chi connectivity index (χ0n) is 11.0. The highest BCUT2D eigenvalue weighted by atomic mass is 16.8. The molecule has 0 heterocycles. The third kappa shape index (κ3) is 6.16. The van der Waals surface area contributed by atoms with E-state index in [1.807, 2.05) is 0 Å². The summed E-state index contributed by atoms with van der Waals surface area (Å²) in [6, 6.07) is 0. The summed E-state index contributed by atoms with van der Waals surface area (Å²) in [5.74, 6) is -5.12. The van der Waals surface area contributed by atoms with Crippen LogP contribution in [0.5, 0.6) is 0 Å². The molecule has 0 amide bonds. The maximum absolute atomic E-state index is 11.8. The fourth-order valence-corrected chi connectivity index (χ4v) is 1.33. The highest BCUT2D eigenvalue weighted by Crippen LogP contribution is 2.24. The molecule has 0 rings (SSSR count). The van der Waals surface area contributed by atoms with Gasteiger partial charge >= 0.3 is 23.7 Å². The summed E-state index contributed by atoms with van der Waals surface area (Å²) < 4.78 is 14.2. The number of carbonyl (C=O) groups excluding carboxylic acids is 3. The van der Waals surface area contributed by atoms with Crippen LogP contribution in [0.4, 0.5) is 0 Å². The molecule has 0 spiro atoms. The van der Waals surface area contributed by atoms with Crippen molar-refractivity contribution in [2.24, 2.45) is 0 Å². The molecule has 8 heteroatoms. The zero-order valence-corrected chi connectivity index (χ0v) is 11.0. The van der Waals surface area contributed by atoms with Gasteiger partial charge in [-0.2, -0.15) is 0 Å². The summed E-state index contributed by atoms with van der Waals surface area (Å²) in [6.45, 7) is 3.54. The van der Waals surface area contributed by atoms with Gasteiger partial charge in [0.1, 0.15) is 0 Å². The van der Waals surface area contributed by atoms with Gasteiger partial charge in [0.25, 0.3) is 0 Å². The largest absolute Gasteiger partial charge is 0.460 e. The average molecular weight is 278 g/mol. The van der Waals surface area contributed by atoms with Crippen LogP contribution < -0.4 is 0 Å². The van der Waals surface area contributed by atoms with Crippen molar-refractivity contribution in [3.8, 4) is 0 Å². The fraction of sp³-hybridized carbons (Fsp3) is 0.727. The van der Waals surface area contributed by atoms with Gasteiger partial charge in [0.05, 0.1) is 6.61 Å². The first kappa shape index (κ1) is 17.3. The molecule has 0 aromatic rings. The summed E-state index contributed by atoms with van der Waals surface area (Å²) in [5, 5.41) is 17.6. The minimum absolute atomic E-state index is 0.0230. The smallest absolute Gasteiger partial charge is 0.393 e. The Morgan fingerprint density at radius 2 is 1.58 bits per heavy atom. The molecule has 0 atom stereocenters. The van der Waals surface area contributed by atoms with Crippen molar-refractivity contribution in [3.05, 3.63) is 0 Å². The van der Waals surface area contributed by atoms with Crippen LogP contribution >= 0.6 is 0 Å². The van der Waals surface area contributed by atoms with Gasteiger partial charge in [0, 0.05) is 26.7 Å². The van der Waals surface area contributed by atoms with E-state index in [9.17, 15) is 14.4 Å². The Morgan fingerprint density at radius 3 is 1.89 bits per heavy atom. The molecule has 0 aromatic carbocycles. The Morgan fingerprint density at radius 1 is 1.11 bits per heavy atom. The van der Waals surface area contributed by atoms with E-state index in [4.69, 9.17) is 19.7 Å². The van der Waals surface area contributed by atoms with E-state index in [2.05, 4.69) is 4.74 Å². The highest BCUT2D eigenvalue weighted by molar-refractivity contribution is 5.84. The second-order valence-electron chi connectivity index (χ2n) is 3.68.